The first-order valence-electron chi connectivity index (χ1n) is 8.95. The first kappa shape index (κ1) is 17.2. The van der Waals surface area contributed by atoms with E-state index in [0.717, 1.165) is 57.7 Å². The van der Waals surface area contributed by atoms with E-state index in [0.29, 0.717) is 5.92 Å². The van der Waals surface area contributed by atoms with Gasteiger partial charge >= 0.3 is 0 Å². The number of carbonyl (C=O) groups excluding carboxylic acids is 1. The summed E-state index contributed by atoms with van der Waals surface area (Å²) in [6.07, 6.45) is 3.79. The molecular weight excluding hydrogens is 304 g/mol. The van der Waals surface area contributed by atoms with Crippen molar-refractivity contribution in [1.82, 2.24) is 4.90 Å². The van der Waals surface area contributed by atoms with E-state index in [-0.39, 0.29) is 17.9 Å². The Morgan fingerprint density at radius 2 is 1.79 bits per heavy atom. The number of hydrogen-bond donors (Lipinski definition) is 1. The van der Waals surface area contributed by atoms with Crippen LogP contribution in [-0.2, 0) is 9.53 Å². The molecule has 1 unspecified atom stereocenters. The zero-order valence-corrected chi connectivity index (χ0v) is 14.4. The predicted octanol–water partition coefficient (Wildman–Crippen LogP) is 2.16. The van der Waals surface area contributed by atoms with Gasteiger partial charge in [0.25, 0.3) is 0 Å². The molecule has 5 nitrogen and oxygen atoms in total. The number of piperidine rings is 1. The molecule has 0 saturated carbocycles. The molecule has 1 atom stereocenters. The quantitative estimate of drug-likeness (QED) is 0.917. The van der Waals surface area contributed by atoms with Gasteiger partial charge in [-0.05, 0) is 55.2 Å². The van der Waals surface area contributed by atoms with Crippen LogP contribution in [0.4, 0.5) is 0 Å². The first-order valence-corrected chi connectivity index (χ1v) is 8.95. The van der Waals surface area contributed by atoms with E-state index >= 15 is 0 Å². The average molecular weight is 332 g/mol. The third-order valence-electron chi connectivity index (χ3n) is 5.45. The maximum Gasteiger partial charge on any atom is 0.239 e. The number of likely N-dealkylation sites (tertiary alicyclic amines) is 1. The van der Waals surface area contributed by atoms with E-state index in [1.54, 1.807) is 7.11 Å². The summed E-state index contributed by atoms with van der Waals surface area (Å²) in [4.78, 5) is 14.6. The number of nitrogens with zero attached hydrogens (tertiary/aromatic N) is 1. The summed E-state index contributed by atoms with van der Waals surface area (Å²) in [5.41, 5.74) is 7.57. The molecule has 132 valence electrons. The minimum Gasteiger partial charge on any atom is -0.497 e. The van der Waals surface area contributed by atoms with Crippen molar-refractivity contribution in [2.75, 3.05) is 33.4 Å². The third kappa shape index (κ3) is 3.90. The Hall–Kier alpha value is -1.59. The Kier molecular flexibility index (Phi) is 5.74. The van der Waals surface area contributed by atoms with Gasteiger partial charge in [0, 0.05) is 26.3 Å². The van der Waals surface area contributed by atoms with Crippen LogP contribution in [0.3, 0.4) is 0 Å². The normalized spacial score (nSPS) is 21.5. The lowest BCUT2D eigenvalue weighted by Crippen LogP contribution is -2.51. The van der Waals surface area contributed by atoms with E-state index in [2.05, 4.69) is 12.1 Å². The molecule has 2 N–H and O–H groups in total. The van der Waals surface area contributed by atoms with Gasteiger partial charge in [-0.2, -0.15) is 0 Å². The molecule has 1 aromatic rings. The summed E-state index contributed by atoms with van der Waals surface area (Å²) in [6.45, 7) is 3.05. The Bertz CT molecular complexity index is 532. The molecule has 0 spiro atoms. The second kappa shape index (κ2) is 7.99. The number of carbonyl (C=O) groups is 1. The van der Waals surface area contributed by atoms with Crippen molar-refractivity contribution in [1.29, 1.82) is 0 Å². The third-order valence-corrected chi connectivity index (χ3v) is 5.45. The monoisotopic (exact) mass is 332 g/mol. The lowest BCUT2D eigenvalue weighted by Gasteiger charge is -2.36. The molecule has 1 aromatic carbocycles. The van der Waals surface area contributed by atoms with E-state index in [9.17, 15) is 4.79 Å². The summed E-state index contributed by atoms with van der Waals surface area (Å²) in [6, 6.07) is 7.91. The second-order valence-electron chi connectivity index (χ2n) is 6.85. The molecule has 2 heterocycles. The van der Waals surface area contributed by atoms with Crippen LogP contribution in [0, 0.1) is 5.92 Å². The standard InChI is InChI=1S/C19H28N2O3/c1-23-17-4-2-14(3-5-17)15-6-10-21(11-7-15)19(22)18(20)16-8-12-24-13-9-16/h2-5,15-16,18H,6-13,20H2,1H3. The summed E-state index contributed by atoms with van der Waals surface area (Å²) < 4.78 is 10.6. The number of ether oxygens (including phenoxy) is 2. The van der Waals surface area contributed by atoms with Gasteiger partial charge in [-0.3, -0.25) is 4.79 Å². The summed E-state index contributed by atoms with van der Waals surface area (Å²) >= 11 is 0. The molecule has 2 aliphatic heterocycles. The van der Waals surface area contributed by atoms with E-state index in [1.807, 2.05) is 17.0 Å². The van der Waals surface area contributed by atoms with Crippen molar-refractivity contribution in [3.05, 3.63) is 29.8 Å². The summed E-state index contributed by atoms with van der Waals surface area (Å²) in [7, 11) is 1.68. The fourth-order valence-corrected chi connectivity index (χ4v) is 3.80. The van der Waals surface area contributed by atoms with Gasteiger partial charge in [0.05, 0.1) is 13.2 Å². The molecule has 24 heavy (non-hydrogen) atoms. The van der Waals surface area contributed by atoms with Crippen LogP contribution in [0.15, 0.2) is 24.3 Å². The van der Waals surface area contributed by atoms with Gasteiger partial charge in [0.15, 0.2) is 0 Å². The van der Waals surface area contributed by atoms with E-state index in [1.165, 1.54) is 5.56 Å². The van der Waals surface area contributed by atoms with Crippen LogP contribution in [0.1, 0.15) is 37.2 Å². The van der Waals surface area contributed by atoms with Crippen molar-refractivity contribution in [3.63, 3.8) is 0 Å². The minimum absolute atomic E-state index is 0.120. The smallest absolute Gasteiger partial charge is 0.239 e. The van der Waals surface area contributed by atoms with E-state index < -0.39 is 0 Å². The molecule has 1 amide bonds. The fourth-order valence-electron chi connectivity index (χ4n) is 3.80. The molecule has 5 heteroatoms. The molecule has 0 aromatic heterocycles. The predicted molar refractivity (Wildman–Crippen MR) is 93.1 cm³/mol. The van der Waals surface area contributed by atoms with Crippen LogP contribution in [0.25, 0.3) is 0 Å². The number of amides is 1. The minimum atomic E-state index is -0.369. The molecule has 3 rings (SSSR count). The Morgan fingerprint density at radius 3 is 2.38 bits per heavy atom. The maximum absolute atomic E-state index is 12.7. The molecule has 0 bridgehead atoms. The Morgan fingerprint density at radius 1 is 1.17 bits per heavy atom. The fraction of sp³-hybridized carbons (Fsp3) is 0.632. The van der Waals surface area contributed by atoms with Crippen LogP contribution in [-0.4, -0.2) is 50.3 Å². The summed E-state index contributed by atoms with van der Waals surface area (Å²) in [5.74, 6) is 1.79. The van der Waals surface area contributed by atoms with Gasteiger partial charge in [-0.25, -0.2) is 0 Å². The molecule has 2 aliphatic rings. The highest BCUT2D eigenvalue weighted by Crippen LogP contribution is 2.30. The number of methoxy groups -OCH3 is 1. The van der Waals surface area contributed by atoms with Crippen LogP contribution in [0.5, 0.6) is 5.75 Å². The zero-order valence-electron chi connectivity index (χ0n) is 14.4. The SMILES string of the molecule is COc1ccc(C2CCN(C(=O)C(N)C3CCOCC3)CC2)cc1. The maximum atomic E-state index is 12.7. The Labute approximate surface area is 144 Å². The highest BCUT2D eigenvalue weighted by atomic mass is 16.5. The van der Waals surface area contributed by atoms with Gasteiger partial charge in [-0.15, -0.1) is 0 Å². The van der Waals surface area contributed by atoms with Crippen LogP contribution in [0.2, 0.25) is 0 Å². The lowest BCUT2D eigenvalue weighted by atomic mass is 9.87. The first-order chi connectivity index (χ1) is 11.7. The number of nitrogens with two attached hydrogens (primary N) is 1. The molecular formula is C19H28N2O3. The highest BCUT2D eigenvalue weighted by Gasteiger charge is 2.32. The largest absolute Gasteiger partial charge is 0.497 e. The lowest BCUT2D eigenvalue weighted by molar-refractivity contribution is -0.135. The van der Waals surface area contributed by atoms with E-state index in [4.69, 9.17) is 15.2 Å². The Balaban J connectivity index is 1.52. The summed E-state index contributed by atoms with van der Waals surface area (Å²) in [5, 5.41) is 0. The van der Waals surface area contributed by atoms with Crippen molar-refractivity contribution < 1.29 is 14.3 Å². The molecule has 2 fully saturated rings. The zero-order chi connectivity index (χ0) is 16.9. The van der Waals surface area contributed by atoms with Gasteiger partial charge in [0.2, 0.25) is 5.91 Å². The molecule has 0 aliphatic carbocycles. The van der Waals surface area contributed by atoms with Crippen molar-refractivity contribution in [3.8, 4) is 5.75 Å². The highest BCUT2D eigenvalue weighted by molar-refractivity contribution is 5.82. The number of benzene rings is 1. The van der Waals surface area contributed by atoms with Gasteiger partial charge < -0.3 is 20.1 Å². The number of hydrogen-bond acceptors (Lipinski definition) is 4. The average Bonchev–Trinajstić information content (AvgIpc) is 2.68. The van der Waals surface area contributed by atoms with Crippen LogP contribution < -0.4 is 10.5 Å². The van der Waals surface area contributed by atoms with Gasteiger partial charge in [-0.1, -0.05) is 12.1 Å². The van der Waals surface area contributed by atoms with Crippen molar-refractivity contribution >= 4 is 5.91 Å². The molecule has 2 saturated heterocycles. The second-order valence-corrected chi connectivity index (χ2v) is 6.85. The van der Waals surface area contributed by atoms with Gasteiger partial charge in [0.1, 0.15) is 5.75 Å². The number of rotatable bonds is 4. The molecule has 0 radical (unpaired) electrons. The topological polar surface area (TPSA) is 64.8 Å². The van der Waals surface area contributed by atoms with Crippen molar-refractivity contribution in [2.24, 2.45) is 11.7 Å². The van der Waals surface area contributed by atoms with Crippen molar-refractivity contribution in [2.45, 2.75) is 37.6 Å². The van der Waals surface area contributed by atoms with Crippen LogP contribution >= 0.6 is 0 Å².